The summed E-state index contributed by atoms with van der Waals surface area (Å²) in [4.78, 5) is 4.20. The van der Waals surface area contributed by atoms with Crippen LogP contribution in [-0.4, -0.2) is 46.7 Å². The molecule has 4 nitrogen and oxygen atoms in total. The third kappa shape index (κ3) is 2.06. The van der Waals surface area contributed by atoms with Crippen LogP contribution in [0.1, 0.15) is 20.3 Å². The van der Waals surface area contributed by atoms with Gasteiger partial charge in [0.05, 0.1) is 12.1 Å². The zero-order valence-corrected chi connectivity index (χ0v) is 10.2. The molecule has 6 heteroatoms. The Kier molecular flexibility index (Phi) is 3.71. The lowest BCUT2D eigenvalue weighted by Gasteiger charge is -2.37. The Morgan fingerprint density at radius 1 is 1.56 bits per heavy atom. The molecule has 2 heterocycles. The number of aliphatic hydroxyl groups is 1. The summed E-state index contributed by atoms with van der Waals surface area (Å²) in [5.74, 6) is 0. The molecule has 0 amide bonds. The molecule has 0 aromatic rings. The predicted molar refractivity (Wildman–Crippen MR) is 62.3 cm³/mol. The highest BCUT2D eigenvalue weighted by Crippen LogP contribution is 2.35. The Morgan fingerprint density at radius 3 is 2.94 bits per heavy atom. The summed E-state index contributed by atoms with van der Waals surface area (Å²) in [5, 5.41) is 13.4. The molecule has 0 aromatic heterocycles. The third-order valence-electron chi connectivity index (χ3n) is 2.87. The van der Waals surface area contributed by atoms with Crippen molar-refractivity contribution in [1.82, 2.24) is 5.32 Å². The smallest absolute Gasteiger partial charge is 0.159 e. The molecule has 0 aliphatic carbocycles. The van der Waals surface area contributed by atoms with Gasteiger partial charge in [0.1, 0.15) is 11.5 Å². The Morgan fingerprint density at radius 2 is 2.31 bits per heavy atom. The quantitative estimate of drug-likeness (QED) is 0.762. The maximum Gasteiger partial charge on any atom is 0.159 e. The lowest BCUT2D eigenvalue weighted by atomic mass is 9.98. The van der Waals surface area contributed by atoms with E-state index in [0.29, 0.717) is 18.1 Å². The van der Waals surface area contributed by atoms with E-state index < -0.39 is 24.4 Å². The molecule has 5 atom stereocenters. The van der Waals surface area contributed by atoms with Gasteiger partial charge in [0.15, 0.2) is 11.3 Å². The molecule has 92 valence electrons. The monoisotopic (exact) mass is 248 g/mol. The molecule has 0 aromatic carbocycles. The van der Waals surface area contributed by atoms with E-state index in [4.69, 9.17) is 4.74 Å². The number of hydrogen-bond donors (Lipinski definition) is 2. The second kappa shape index (κ2) is 4.89. The number of nitrogens with one attached hydrogen (secondary N) is 1. The molecule has 2 rings (SSSR count). The minimum absolute atomic E-state index is 0.270. The number of aliphatic hydroxyl groups excluding tert-OH is 1. The van der Waals surface area contributed by atoms with E-state index in [9.17, 15) is 9.50 Å². The molecule has 2 saturated heterocycles. The van der Waals surface area contributed by atoms with E-state index in [0.717, 1.165) is 0 Å². The third-order valence-corrected chi connectivity index (χ3v) is 3.98. The average Bonchev–Trinajstić information content (AvgIpc) is 2.67. The van der Waals surface area contributed by atoms with E-state index in [1.54, 1.807) is 0 Å². The van der Waals surface area contributed by atoms with Crippen molar-refractivity contribution in [3.8, 4) is 0 Å². The number of ether oxygens (including phenoxy) is 1. The number of thioether (sulfide) groups is 1. The zero-order chi connectivity index (χ0) is 11.7. The topological polar surface area (TPSA) is 53.9 Å². The number of rotatable bonds is 2. The molecular formula is C10H17FN2O2S. The Hall–Kier alpha value is -0.330. The van der Waals surface area contributed by atoms with Gasteiger partial charge in [-0.05, 0) is 13.3 Å². The number of alkyl halides is 1. The SMILES string of the molecule is CCN=C1N[C@@H]2[C@@H](F)[C@H](O)[C@@H](CC)O[C@@H]2S1. The van der Waals surface area contributed by atoms with Crippen LogP contribution in [0.25, 0.3) is 0 Å². The van der Waals surface area contributed by atoms with Crippen molar-refractivity contribution in [3.63, 3.8) is 0 Å². The summed E-state index contributed by atoms with van der Waals surface area (Å²) >= 11 is 1.41. The molecule has 2 N–H and O–H groups in total. The van der Waals surface area contributed by atoms with Crippen molar-refractivity contribution in [3.05, 3.63) is 0 Å². The summed E-state index contributed by atoms with van der Waals surface area (Å²) in [6.07, 6.45) is -2.13. The maximum atomic E-state index is 13.9. The van der Waals surface area contributed by atoms with Crippen LogP contribution in [-0.2, 0) is 4.74 Å². The Bertz CT molecular complexity index is 290. The minimum atomic E-state index is -1.29. The van der Waals surface area contributed by atoms with E-state index in [-0.39, 0.29) is 5.44 Å². The molecule has 0 bridgehead atoms. The fourth-order valence-electron chi connectivity index (χ4n) is 2.00. The number of nitrogens with zero attached hydrogens (tertiary/aromatic N) is 1. The minimum Gasteiger partial charge on any atom is -0.387 e. The van der Waals surface area contributed by atoms with Crippen LogP contribution in [0.5, 0.6) is 0 Å². The summed E-state index contributed by atoms with van der Waals surface area (Å²) in [6.45, 7) is 4.47. The first-order chi connectivity index (χ1) is 7.67. The van der Waals surface area contributed by atoms with E-state index in [2.05, 4.69) is 10.3 Å². The Labute approximate surface area is 98.7 Å². The maximum absolute atomic E-state index is 13.9. The number of amidine groups is 1. The second-order valence-electron chi connectivity index (χ2n) is 3.95. The lowest BCUT2D eigenvalue weighted by molar-refractivity contribution is -0.134. The van der Waals surface area contributed by atoms with Crippen LogP contribution in [0, 0.1) is 0 Å². The average molecular weight is 248 g/mol. The first-order valence-corrected chi connectivity index (χ1v) is 6.50. The first kappa shape index (κ1) is 12.1. The van der Waals surface area contributed by atoms with Crippen LogP contribution in [0.15, 0.2) is 4.99 Å². The van der Waals surface area contributed by atoms with Gasteiger partial charge in [-0.3, -0.25) is 4.99 Å². The summed E-state index contributed by atoms with van der Waals surface area (Å²) in [7, 11) is 0. The molecule has 0 saturated carbocycles. The Balaban J connectivity index is 2.10. The van der Waals surface area contributed by atoms with Crippen molar-refractivity contribution in [1.29, 1.82) is 0 Å². The van der Waals surface area contributed by atoms with Gasteiger partial charge in [-0.25, -0.2) is 4.39 Å². The molecule has 0 unspecified atom stereocenters. The lowest BCUT2D eigenvalue weighted by Crippen LogP contribution is -2.56. The number of aliphatic imine (C=N–C) groups is 1. The van der Waals surface area contributed by atoms with Gasteiger partial charge in [0, 0.05) is 6.54 Å². The van der Waals surface area contributed by atoms with Crippen LogP contribution in [0.2, 0.25) is 0 Å². The fourth-order valence-corrected chi connectivity index (χ4v) is 3.20. The molecule has 2 aliphatic rings. The van der Waals surface area contributed by atoms with Crippen LogP contribution >= 0.6 is 11.8 Å². The highest BCUT2D eigenvalue weighted by molar-refractivity contribution is 8.14. The van der Waals surface area contributed by atoms with Gasteiger partial charge in [-0.15, -0.1) is 0 Å². The summed E-state index contributed by atoms with van der Waals surface area (Å²) in [5.41, 5.74) is -0.270. The van der Waals surface area contributed by atoms with Crippen LogP contribution in [0.3, 0.4) is 0 Å². The second-order valence-corrected chi connectivity index (χ2v) is 5.04. The van der Waals surface area contributed by atoms with Gasteiger partial charge in [0.2, 0.25) is 0 Å². The summed E-state index contributed by atoms with van der Waals surface area (Å²) < 4.78 is 19.6. The van der Waals surface area contributed by atoms with Crippen molar-refractivity contribution in [2.75, 3.05) is 6.54 Å². The van der Waals surface area contributed by atoms with Crippen molar-refractivity contribution in [2.45, 2.75) is 50.1 Å². The van der Waals surface area contributed by atoms with Gasteiger partial charge >= 0.3 is 0 Å². The molecule has 0 spiro atoms. The van der Waals surface area contributed by atoms with E-state index in [1.165, 1.54) is 11.8 Å². The predicted octanol–water partition coefficient (Wildman–Crippen LogP) is 0.901. The standard InChI is InChI=1S/C10H17FN2O2S/c1-3-5-8(14)6(11)7-9(15-5)16-10(13-7)12-4-2/h5-9,14H,3-4H2,1-2H3,(H,12,13)/t5-,6-,7-,8-,9-/m1/s1. The molecule has 16 heavy (non-hydrogen) atoms. The van der Waals surface area contributed by atoms with Crippen LogP contribution < -0.4 is 5.32 Å². The highest BCUT2D eigenvalue weighted by Gasteiger charge is 2.49. The van der Waals surface area contributed by atoms with E-state index in [1.807, 2.05) is 13.8 Å². The van der Waals surface area contributed by atoms with Crippen molar-refractivity contribution < 1.29 is 14.2 Å². The zero-order valence-electron chi connectivity index (χ0n) is 9.39. The molecule has 2 aliphatic heterocycles. The van der Waals surface area contributed by atoms with Gasteiger partial charge in [0.25, 0.3) is 0 Å². The largest absolute Gasteiger partial charge is 0.387 e. The molecular weight excluding hydrogens is 231 g/mol. The van der Waals surface area contributed by atoms with Crippen molar-refractivity contribution in [2.24, 2.45) is 4.99 Å². The number of hydrogen-bond acceptors (Lipinski definition) is 4. The van der Waals surface area contributed by atoms with Gasteiger partial charge in [-0.1, -0.05) is 18.7 Å². The normalized spacial score (nSPS) is 45.5. The fraction of sp³-hybridized carbons (Fsp3) is 0.900. The number of halogens is 1. The highest BCUT2D eigenvalue weighted by atomic mass is 32.2. The molecule has 2 fully saturated rings. The molecule has 0 radical (unpaired) electrons. The number of fused-ring (bicyclic) bond motifs is 1. The summed E-state index contributed by atoms with van der Waals surface area (Å²) in [6, 6.07) is -0.479. The van der Waals surface area contributed by atoms with Gasteiger partial charge < -0.3 is 15.2 Å². The van der Waals surface area contributed by atoms with Gasteiger partial charge in [-0.2, -0.15) is 0 Å². The first-order valence-electron chi connectivity index (χ1n) is 5.62. The van der Waals surface area contributed by atoms with Crippen LogP contribution in [0.4, 0.5) is 4.39 Å². The van der Waals surface area contributed by atoms with Crippen molar-refractivity contribution >= 4 is 16.9 Å². The van der Waals surface area contributed by atoms with E-state index >= 15 is 0 Å².